The lowest BCUT2D eigenvalue weighted by Gasteiger charge is -2.29. The van der Waals surface area contributed by atoms with E-state index in [4.69, 9.17) is 5.84 Å². The van der Waals surface area contributed by atoms with Gasteiger partial charge in [-0.25, -0.2) is 0 Å². The SMILES string of the molecule is Cc1cccc(SCC(NN)C(C)(C)C)c1. The third kappa shape index (κ3) is 4.16. The second-order valence-electron chi connectivity index (χ2n) is 5.21. The number of benzene rings is 1. The van der Waals surface area contributed by atoms with Gasteiger partial charge in [-0.3, -0.25) is 11.3 Å². The molecule has 2 nitrogen and oxygen atoms in total. The summed E-state index contributed by atoms with van der Waals surface area (Å²) < 4.78 is 0. The summed E-state index contributed by atoms with van der Waals surface area (Å²) in [6, 6.07) is 8.89. The van der Waals surface area contributed by atoms with Crippen LogP contribution >= 0.6 is 11.8 Å². The van der Waals surface area contributed by atoms with E-state index in [1.165, 1.54) is 10.5 Å². The molecular formula is C13H22N2S. The molecule has 1 aromatic rings. The molecule has 16 heavy (non-hydrogen) atoms. The number of hydrogen-bond donors (Lipinski definition) is 2. The van der Waals surface area contributed by atoms with Crippen LogP contribution in [0.1, 0.15) is 26.3 Å². The van der Waals surface area contributed by atoms with E-state index >= 15 is 0 Å². The van der Waals surface area contributed by atoms with Crippen molar-refractivity contribution >= 4 is 11.8 Å². The molecule has 0 saturated carbocycles. The minimum absolute atomic E-state index is 0.186. The third-order valence-electron chi connectivity index (χ3n) is 2.65. The lowest BCUT2D eigenvalue weighted by molar-refractivity contribution is 0.294. The van der Waals surface area contributed by atoms with Gasteiger partial charge in [0.05, 0.1) is 0 Å². The summed E-state index contributed by atoms with van der Waals surface area (Å²) in [5.74, 6) is 6.58. The first-order valence-electron chi connectivity index (χ1n) is 5.59. The Bertz CT molecular complexity index is 331. The first kappa shape index (κ1) is 13.6. The second-order valence-corrected chi connectivity index (χ2v) is 6.31. The molecule has 0 spiro atoms. The topological polar surface area (TPSA) is 38.0 Å². The summed E-state index contributed by atoms with van der Waals surface area (Å²) in [6.07, 6.45) is 0. The summed E-state index contributed by atoms with van der Waals surface area (Å²) >= 11 is 1.85. The van der Waals surface area contributed by atoms with Gasteiger partial charge in [0.15, 0.2) is 0 Å². The number of aryl methyl sites for hydroxylation is 1. The average Bonchev–Trinajstić information content (AvgIpc) is 2.16. The van der Waals surface area contributed by atoms with Crippen molar-refractivity contribution in [1.82, 2.24) is 5.43 Å². The lowest BCUT2D eigenvalue weighted by Crippen LogP contribution is -2.46. The van der Waals surface area contributed by atoms with Gasteiger partial charge in [0, 0.05) is 16.7 Å². The van der Waals surface area contributed by atoms with Crippen LogP contribution in [0.25, 0.3) is 0 Å². The van der Waals surface area contributed by atoms with Crippen LogP contribution in [0.5, 0.6) is 0 Å². The summed E-state index contributed by atoms with van der Waals surface area (Å²) in [6.45, 7) is 8.73. The highest BCUT2D eigenvalue weighted by Crippen LogP contribution is 2.26. The zero-order valence-electron chi connectivity index (χ0n) is 10.6. The zero-order chi connectivity index (χ0) is 12.2. The number of rotatable bonds is 4. The van der Waals surface area contributed by atoms with Crippen molar-refractivity contribution in [2.45, 2.75) is 38.6 Å². The molecule has 0 saturated heterocycles. The number of nitrogens with two attached hydrogens (primary N) is 1. The molecule has 1 rings (SSSR count). The number of hydrogen-bond acceptors (Lipinski definition) is 3. The largest absolute Gasteiger partial charge is 0.271 e. The van der Waals surface area contributed by atoms with E-state index in [-0.39, 0.29) is 5.41 Å². The van der Waals surface area contributed by atoms with Gasteiger partial charge >= 0.3 is 0 Å². The number of hydrazine groups is 1. The maximum absolute atomic E-state index is 5.59. The molecule has 1 atom stereocenters. The first-order chi connectivity index (χ1) is 7.43. The molecule has 1 unspecified atom stereocenters. The van der Waals surface area contributed by atoms with Crippen LogP contribution < -0.4 is 11.3 Å². The van der Waals surface area contributed by atoms with Crippen molar-refractivity contribution in [3.8, 4) is 0 Å². The van der Waals surface area contributed by atoms with Crippen LogP contribution in [-0.4, -0.2) is 11.8 Å². The highest BCUT2D eigenvalue weighted by Gasteiger charge is 2.23. The van der Waals surface area contributed by atoms with Crippen molar-refractivity contribution in [1.29, 1.82) is 0 Å². The molecule has 0 amide bonds. The van der Waals surface area contributed by atoms with Crippen molar-refractivity contribution in [2.24, 2.45) is 11.3 Å². The van der Waals surface area contributed by atoms with Crippen LogP contribution in [0, 0.1) is 12.3 Å². The Hall–Kier alpha value is -0.510. The quantitative estimate of drug-likeness (QED) is 0.481. The van der Waals surface area contributed by atoms with Crippen LogP contribution in [0.2, 0.25) is 0 Å². The van der Waals surface area contributed by atoms with Crippen LogP contribution in [0.4, 0.5) is 0 Å². The van der Waals surface area contributed by atoms with Crippen molar-refractivity contribution in [3.63, 3.8) is 0 Å². The summed E-state index contributed by atoms with van der Waals surface area (Å²) in [5.41, 5.74) is 4.40. The molecular weight excluding hydrogens is 216 g/mol. The molecule has 0 heterocycles. The first-order valence-corrected chi connectivity index (χ1v) is 6.57. The van der Waals surface area contributed by atoms with E-state index < -0.39 is 0 Å². The Morgan fingerprint density at radius 1 is 1.38 bits per heavy atom. The molecule has 0 aliphatic carbocycles. The molecule has 3 N–H and O–H groups in total. The zero-order valence-corrected chi connectivity index (χ0v) is 11.4. The van der Waals surface area contributed by atoms with Crippen molar-refractivity contribution < 1.29 is 0 Å². The molecule has 3 heteroatoms. The van der Waals surface area contributed by atoms with Crippen LogP contribution in [0.3, 0.4) is 0 Å². The van der Waals surface area contributed by atoms with E-state index in [0.29, 0.717) is 6.04 Å². The Morgan fingerprint density at radius 3 is 2.56 bits per heavy atom. The van der Waals surface area contributed by atoms with Gasteiger partial charge in [-0.05, 0) is 24.5 Å². The van der Waals surface area contributed by atoms with E-state index in [1.54, 1.807) is 0 Å². The predicted octanol–water partition coefficient (Wildman–Crippen LogP) is 2.97. The highest BCUT2D eigenvalue weighted by molar-refractivity contribution is 7.99. The molecule has 90 valence electrons. The molecule has 0 fully saturated rings. The van der Waals surface area contributed by atoms with Gasteiger partial charge in [-0.15, -0.1) is 11.8 Å². The maximum Gasteiger partial charge on any atom is 0.0353 e. The van der Waals surface area contributed by atoms with Crippen molar-refractivity contribution in [2.75, 3.05) is 5.75 Å². The van der Waals surface area contributed by atoms with Crippen LogP contribution in [0.15, 0.2) is 29.2 Å². The fourth-order valence-corrected chi connectivity index (χ4v) is 2.83. The van der Waals surface area contributed by atoms with Gasteiger partial charge in [-0.2, -0.15) is 0 Å². The summed E-state index contributed by atoms with van der Waals surface area (Å²) in [7, 11) is 0. The predicted molar refractivity (Wildman–Crippen MR) is 72.5 cm³/mol. The lowest BCUT2D eigenvalue weighted by atomic mass is 9.88. The molecule has 0 aliphatic rings. The monoisotopic (exact) mass is 238 g/mol. The van der Waals surface area contributed by atoms with E-state index in [9.17, 15) is 0 Å². The third-order valence-corrected chi connectivity index (χ3v) is 3.74. The molecule has 0 aliphatic heterocycles. The van der Waals surface area contributed by atoms with Gasteiger partial charge in [0.1, 0.15) is 0 Å². The standard InChI is InChI=1S/C13H22N2S/c1-10-6-5-7-11(8-10)16-9-12(15-14)13(2,3)4/h5-8,12,15H,9,14H2,1-4H3. The smallest absolute Gasteiger partial charge is 0.0353 e. The Morgan fingerprint density at radius 2 is 2.06 bits per heavy atom. The Kier molecular flexibility index (Phi) is 4.84. The fourth-order valence-electron chi connectivity index (χ4n) is 1.43. The van der Waals surface area contributed by atoms with Gasteiger partial charge in [-0.1, -0.05) is 38.5 Å². The summed E-state index contributed by atoms with van der Waals surface area (Å²) in [5, 5.41) is 0. The van der Waals surface area contributed by atoms with Gasteiger partial charge < -0.3 is 0 Å². The van der Waals surface area contributed by atoms with Gasteiger partial charge in [0.2, 0.25) is 0 Å². The molecule has 0 aromatic heterocycles. The highest BCUT2D eigenvalue weighted by atomic mass is 32.2. The number of nitrogens with one attached hydrogen (secondary N) is 1. The normalized spacial score (nSPS) is 13.8. The minimum Gasteiger partial charge on any atom is -0.271 e. The molecule has 0 radical (unpaired) electrons. The average molecular weight is 238 g/mol. The maximum atomic E-state index is 5.59. The second kappa shape index (κ2) is 5.71. The van der Waals surface area contributed by atoms with E-state index in [1.807, 2.05) is 11.8 Å². The minimum atomic E-state index is 0.186. The Balaban J connectivity index is 2.56. The van der Waals surface area contributed by atoms with Crippen LogP contribution in [-0.2, 0) is 0 Å². The van der Waals surface area contributed by atoms with E-state index in [2.05, 4.69) is 57.4 Å². The number of thioether (sulfide) groups is 1. The molecule has 1 aromatic carbocycles. The summed E-state index contributed by atoms with van der Waals surface area (Å²) in [4.78, 5) is 1.31. The fraction of sp³-hybridized carbons (Fsp3) is 0.538. The molecule has 0 bridgehead atoms. The van der Waals surface area contributed by atoms with Gasteiger partial charge in [0.25, 0.3) is 0 Å². The Labute approximate surface area is 103 Å². The van der Waals surface area contributed by atoms with Crippen molar-refractivity contribution in [3.05, 3.63) is 29.8 Å². The van der Waals surface area contributed by atoms with E-state index in [0.717, 1.165) is 5.75 Å².